The molecule has 0 spiro atoms. The van der Waals surface area contributed by atoms with E-state index < -0.39 is 5.97 Å². The number of carbonyl (C=O) groups is 2. The second-order valence-corrected chi connectivity index (χ2v) is 3.13. The Morgan fingerprint density at radius 2 is 2.15 bits per heavy atom. The summed E-state index contributed by atoms with van der Waals surface area (Å²) in [7, 11) is 0. The fraction of sp³-hybridized carbons (Fsp3) is 0.111. The minimum absolute atomic E-state index is 0.221. The van der Waals surface area contributed by atoms with E-state index in [0.717, 1.165) is 0 Å². The SMILES string of the molecule is O=CCC(=O)Oc1ccccc1Br. The Bertz CT molecular complexity index is 322. The van der Waals surface area contributed by atoms with Crippen molar-refractivity contribution in [1.29, 1.82) is 0 Å². The summed E-state index contributed by atoms with van der Waals surface area (Å²) < 4.78 is 5.56. The number of esters is 1. The number of benzene rings is 1. The lowest BCUT2D eigenvalue weighted by Gasteiger charge is -2.03. The molecule has 0 fully saturated rings. The molecular weight excluding hydrogens is 236 g/mol. The smallest absolute Gasteiger partial charge is 0.318 e. The average Bonchev–Trinajstić information content (AvgIpc) is 2.09. The zero-order chi connectivity index (χ0) is 9.68. The van der Waals surface area contributed by atoms with Crippen LogP contribution in [0.15, 0.2) is 28.7 Å². The molecule has 0 aliphatic rings. The first-order chi connectivity index (χ1) is 6.24. The van der Waals surface area contributed by atoms with Crippen molar-refractivity contribution in [2.24, 2.45) is 0 Å². The predicted octanol–water partition coefficient (Wildman–Crippen LogP) is 1.94. The van der Waals surface area contributed by atoms with E-state index in [1.165, 1.54) is 0 Å². The first-order valence-electron chi connectivity index (χ1n) is 3.63. The zero-order valence-corrected chi connectivity index (χ0v) is 8.28. The van der Waals surface area contributed by atoms with Crippen LogP contribution in [0, 0.1) is 0 Å². The van der Waals surface area contributed by atoms with Crippen molar-refractivity contribution in [2.75, 3.05) is 0 Å². The highest BCUT2D eigenvalue weighted by molar-refractivity contribution is 9.10. The fourth-order valence-electron chi connectivity index (χ4n) is 0.760. The molecule has 13 heavy (non-hydrogen) atoms. The van der Waals surface area contributed by atoms with E-state index in [0.29, 0.717) is 16.5 Å². The molecular formula is C9H7BrO3. The van der Waals surface area contributed by atoms with E-state index in [9.17, 15) is 9.59 Å². The highest BCUT2D eigenvalue weighted by Gasteiger charge is 2.05. The Balaban J connectivity index is 2.68. The van der Waals surface area contributed by atoms with Crippen molar-refractivity contribution in [3.63, 3.8) is 0 Å². The van der Waals surface area contributed by atoms with Crippen molar-refractivity contribution >= 4 is 28.2 Å². The molecule has 1 aromatic carbocycles. The Hall–Kier alpha value is -1.16. The van der Waals surface area contributed by atoms with Gasteiger partial charge in [-0.3, -0.25) is 4.79 Å². The van der Waals surface area contributed by atoms with E-state index in [1.807, 2.05) is 0 Å². The molecule has 0 N–H and O–H groups in total. The Kier molecular flexibility index (Phi) is 3.64. The molecule has 0 amide bonds. The van der Waals surface area contributed by atoms with Crippen LogP contribution in [-0.4, -0.2) is 12.3 Å². The van der Waals surface area contributed by atoms with Gasteiger partial charge in [-0.1, -0.05) is 12.1 Å². The van der Waals surface area contributed by atoms with Crippen LogP contribution in [0.4, 0.5) is 0 Å². The van der Waals surface area contributed by atoms with E-state index >= 15 is 0 Å². The predicted molar refractivity (Wildman–Crippen MR) is 50.5 cm³/mol. The largest absolute Gasteiger partial charge is 0.425 e. The highest BCUT2D eigenvalue weighted by atomic mass is 79.9. The summed E-state index contributed by atoms with van der Waals surface area (Å²) in [6.45, 7) is 0. The van der Waals surface area contributed by atoms with Gasteiger partial charge in [-0.15, -0.1) is 0 Å². The molecule has 0 aliphatic carbocycles. The van der Waals surface area contributed by atoms with E-state index in [2.05, 4.69) is 15.9 Å². The molecule has 1 aromatic rings. The van der Waals surface area contributed by atoms with Crippen LogP contribution in [0.2, 0.25) is 0 Å². The van der Waals surface area contributed by atoms with Crippen molar-refractivity contribution in [2.45, 2.75) is 6.42 Å². The van der Waals surface area contributed by atoms with Crippen LogP contribution in [0.5, 0.6) is 5.75 Å². The van der Waals surface area contributed by atoms with E-state index in [-0.39, 0.29) is 6.42 Å². The number of aldehydes is 1. The number of hydrogen-bond acceptors (Lipinski definition) is 3. The van der Waals surface area contributed by atoms with Gasteiger partial charge >= 0.3 is 5.97 Å². The topological polar surface area (TPSA) is 43.4 Å². The van der Waals surface area contributed by atoms with Crippen molar-refractivity contribution < 1.29 is 14.3 Å². The highest BCUT2D eigenvalue weighted by Crippen LogP contribution is 2.23. The summed E-state index contributed by atoms with van der Waals surface area (Å²) in [6.07, 6.45) is 0.292. The molecule has 1 rings (SSSR count). The van der Waals surface area contributed by atoms with Crippen LogP contribution in [-0.2, 0) is 9.59 Å². The first kappa shape index (κ1) is 9.92. The van der Waals surface area contributed by atoms with Gasteiger partial charge in [0.05, 0.1) is 4.47 Å². The van der Waals surface area contributed by atoms with Gasteiger partial charge in [-0.05, 0) is 28.1 Å². The van der Waals surface area contributed by atoms with Gasteiger partial charge in [0.25, 0.3) is 0 Å². The number of ether oxygens (including phenoxy) is 1. The number of para-hydroxylation sites is 1. The molecule has 0 atom stereocenters. The molecule has 68 valence electrons. The Labute approximate surface area is 83.8 Å². The average molecular weight is 243 g/mol. The maximum atomic E-state index is 10.9. The van der Waals surface area contributed by atoms with Crippen LogP contribution in [0.25, 0.3) is 0 Å². The lowest BCUT2D eigenvalue weighted by atomic mass is 10.3. The van der Waals surface area contributed by atoms with Crippen LogP contribution in [0.3, 0.4) is 0 Å². The zero-order valence-electron chi connectivity index (χ0n) is 6.70. The van der Waals surface area contributed by atoms with Gasteiger partial charge in [0, 0.05) is 0 Å². The Morgan fingerprint density at radius 1 is 1.46 bits per heavy atom. The molecule has 4 heteroatoms. The van der Waals surface area contributed by atoms with Gasteiger partial charge in [0.1, 0.15) is 18.5 Å². The molecule has 0 radical (unpaired) electrons. The summed E-state index contributed by atoms with van der Waals surface area (Å²) in [5.41, 5.74) is 0. The lowest BCUT2D eigenvalue weighted by molar-refractivity contribution is -0.135. The molecule has 0 aliphatic heterocycles. The second-order valence-electron chi connectivity index (χ2n) is 2.28. The summed E-state index contributed by atoms with van der Waals surface area (Å²) in [6, 6.07) is 6.95. The monoisotopic (exact) mass is 242 g/mol. The lowest BCUT2D eigenvalue weighted by Crippen LogP contribution is -2.08. The Morgan fingerprint density at radius 3 is 2.77 bits per heavy atom. The van der Waals surface area contributed by atoms with Gasteiger partial charge in [-0.25, -0.2) is 0 Å². The molecule has 3 nitrogen and oxygen atoms in total. The van der Waals surface area contributed by atoms with Crippen LogP contribution >= 0.6 is 15.9 Å². The summed E-state index contributed by atoms with van der Waals surface area (Å²) >= 11 is 3.21. The molecule has 0 bridgehead atoms. The van der Waals surface area contributed by atoms with E-state index in [1.54, 1.807) is 24.3 Å². The third kappa shape index (κ3) is 2.99. The quantitative estimate of drug-likeness (QED) is 0.352. The normalized spacial score (nSPS) is 9.31. The van der Waals surface area contributed by atoms with Gasteiger partial charge in [0.15, 0.2) is 0 Å². The number of carbonyl (C=O) groups excluding carboxylic acids is 2. The molecule has 0 aromatic heterocycles. The molecule has 0 saturated carbocycles. The van der Waals surface area contributed by atoms with Crippen molar-refractivity contribution in [3.8, 4) is 5.75 Å². The van der Waals surface area contributed by atoms with E-state index in [4.69, 9.17) is 4.74 Å². The van der Waals surface area contributed by atoms with Crippen LogP contribution < -0.4 is 4.74 Å². The summed E-state index contributed by atoms with van der Waals surface area (Å²) in [5.74, 6) is -0.128. The second kappa shape index (κ2) is 4.77. The minimum atomic E-state index is -0.554. The van der Waals surface area contributed by atoms with Crippen molar-refractivity contribution in [3.05, 3.63) is 28.7 Å². The fourth-order valence-corrected chi connectivity index (χ4v) is 1.13. The van der Waals surface area contributed by atoms with Crippen molar-refractivity contribution in [1.82, 2.24) is 0 Å². The standard InChI is InChI=1S/C9H7BrO3/c10-7-3-1-2-4-8(7)13-9(12)5-6-11/h1-4,6H,5H2. The first-order valence-corrected chi connectivity index (χ1v) is 4.42. The minimum Gasteiger partial charge on any atom is -0.425 e. The molecule has 0 unspecified atom stereocenters. The van der Waals surface area contributed by atoms with Gasteiger partial charge in [-0.2, -0.15) is 0 Å². The maximum absolute atomic E-state index is 10.9. The number of hydrogen-bond donors (Lipinski definition) is 0. The maximum Gasteiger partial charge on any atom is 0.318 e. The van der Waals surface area contributed by atoms with Gasteiger partial charge in [0.2, 0.25) is 0 Å². The summed E-state index contributed by atoms with van der Waals surface area (Å²) in [5, 5.41) is 0. The van der Waals surface area contributed by atoms with Gasteiger partial charge < -0.3 is 9.53 Å². The van der Waals surface area contributed by atoms with Crippen LogP contribution in [0.1, 0.15) is 6.42 Å². The number of halogens is 1. The number of rotatable bonds is 3. The molecule has 0 saturated heterocycles. The third-order valence-electron chi connectivity index (χ3n) is 1.31. The third-order valence-corrected chi connectivity index (χ3v) is 1.97. The summed E-state index contributed by atoms with van der Waals surface area (Å²) in [4.78, 5) is 20.9. The molecule has 0 heterocycles.